The Balaban J connectivity index is 2.48. The number of azide groups is 1. The van der Waals surface area contributed by atoms with Crippen LogP contribution in [0.3, 0.4) is 0 Å². The van der Waals surface area contributed by atoms with Crippen LogP contribution in [0.1, 0.15) is 46.2 Å². The number of rotatable bonds is 3. The molecule has 1 saturated heterocycles. The first kappa shape index (κ1) is 16.3. The van der Waals surface area contributed by atoms with Gasteiger partial charge in [-0.25, -0.2) is 4.79 Å². The molecule has 1 aliphatic heterocycles. The maximum Gasteiger partial charge on any atom is 0.341 e. The molecule has 1 aromatic carbocycles. The largest absolute Gasteiger partial charge is 0.431 e. The molecule has 0 bridgehead atoms. The van der Waals surface area contributed by atoms with E-state index >= 15 is 0 Å². The second-order valence-corrected chi connectivity index (χ2v) is 6.81. The molecule has 1 heterocycles. The van der Waals surface area contributed by atoms with Gasteiger partial charge in [-0.3, -0.25) is 0 Å². The number of carbonyl (C=O) groups is 1. The molecule has 0 amide bonds. The van der Waals surface area contributed by atoms with Gasteiger partial charge in [0.25, 0.3) is 0 Å². The van der Waals surface area contributed by atoms with Gasteiger partial charge in [0.05, 0.1) is 0 Å². The van der Waals surface area contributed by atoms with E-state index in [2.05, 4.69) is 10.0 Å². The number of ether oxygens (including phenoxy) is 2. The Labute approximate surface area is 130 Å². The van der Waals surface area contributed by atoms with Crippen molar-refractivity contribution >= 4 is 5.97 Å². The lowest BCUT2D eigenvalue weighted by molar-refractivity contribution is -0.232. The van der Waals surface area contributed by atoms with E-state index < -0.39 is 28.8 Å². The van der Waals surface area contributed by atoms with E-state index in [1.807, 2.05) is 39.0 Å². The zero-order chi connectivity index (χ0) is 16.6. The van der Waals surface area contributed by atoms with Crippen LogP contribution in [0.2, 0.25) is 0 Å². The predicted octanol–water partition coefficient (Wildman–Crippen LogP) is 4.13. The average molecular weight is 303 g/mol. The van der Waals surface area contributed by atoms with Crippen molar-refractivity contribution in [1.29, 1.82) is 0 Å². The smallest absolute Gasteiger partial charge is 0.341 e. The van der Waals surface area contributed by atoms with Gasteiger partial charge in [0.1, 0.15) is 6.04 Å². The highest BCUT2D eigenvalue weighted by Gasteiger charge is 2.61. The van der Waals surface area contributed by atoms with Crippen LogP contribution in [0.4, 0.5) is 0 Å². The summed E-state index contributed by atoms with van der Waals surface area (Å²) in [6.45, 7) is 9.12. The number of hydrogen-bond acceptors (Lipinski definition) is 4. The molecular formula is C16H21N3O3. The van der Waals surface area contributed by atoms with E-state index in [0.717, 1.165) is 0 Å². The summed E-state index contributed by atoms with van der Waals surface area (Å²) in [5.41, 5.74) is 7.82. The summed E-state index contributed by atoms with van der Waals surface area (Å²) in [4.78, 5) is 15.4. The number of nitrogens with zero attached hydrogens (tertiary/aromatic N) is 3. The van der Waals surface area contributed by atoms with Crippen molar-refractivity contribution in [2.45, 2.75) is 52.0 Å². The fraction of sp³-hybridized carbons (Fsp3) is 0.562. The van der Waals surface area contributed by atoms with Gasteiger partial charge in [0.2, 0.25) is 5.79 Å². The molecule has 3 atom stereocenters. The Kier molecular flexibility index (Phi) is 3.94. The molecule has 0 unspecified atom stereocenters. The Morgan fingerprint density at radius 3 is 2.27 bits per heavy atom. The summed E-state index contributed by atoms with van der Waals surface area (Å²) >= 11 is 0. The van der Waals surface area contributed by atoms with Crippen LogP contribution >= 0.6 is 0 Å². The van der Waals surface area contributed by atoms with Crippen LogP contribution in [-0.2, 0) is 14.3 Å². The van der Waals surface area contributed by atoms with Crippen molar-refractivity contribution in [3.8, 4) is 0 Å². The second kappa shape index (κ2) is 5.30. The van der Waals surface area contributed by atoms with E-state index in [1.54, 1.807) is 26.0 Å². The van der Waals surface area contributed by atoms with Gasteiger partial charge in [-0.05, 0) is 18.0 Å². The average Bonchev–Trinajstić information content (AvgIpc) is 2.68. The molecule has 0 radical (unpaired) electrons. The standard InChI is InChI=1S/C16H21N3O3/c1-14(2,3)16(5)21-13(20)15(4,22-16)12(18-19-17)11-9-7-6-8-10-11/h6-10,12H,1-5H3/t12-,15+,16+/m0/s1. The molecule has 6 nitrogen and oxygen atoms in total. The molecule has 2 rings (SSSR count). The summed E-state index contributed by atoms with van der Waals surface area (Å²) in [6, 6.07) is 8.30. The third-order valence-corrected chi connectivity index (χ3v) is 4.27. The van der Waals surface area contributed by atoms with Crippen LogP contribution in [0.15, 0.2) is 35.4 Å². The SMILES string of the molecule is CC(C)(C)[C@]1(C)OC(=O)[C@@](C)([C@@H](N=[N+]=[N-])c2ccccc2)O1. The van der Waals surface area contributed by atoms with Crippen molar-refractivity contribution in [3.63, 3.8) is 0 Å². The highest BCUT2D eigenvalue weighted by Crippen LogP contribution is 2.49. The van der Waals surface area contributed by atoms with Crippen LogP contribution in [0.25, 0.3) is 10.4 Å². The first-order valence-electron chi connectivity index (χ1n) is 7.17. The van der Waals surface area contributed by atoms with Gasteiger partial charge in [-0.2, -0.15) is 0 Å². The first-order chi connectivity index (χ1) is 10.1. The van der Waals surface area contributed by atoms with Crippen LogP contribution in [-0.4, -0.2) is 17.4 Å². The molecule has 118 valence electrons. The topological polar surface area (TPSA) is 84.3 Å². The molecule has 0 aliphatic carbocycles. The van der Waals surface area contributed by atoms with Crippen molar-refractivity contribution in [2.75, 3.05) is 0 Å². The minimum Gasteiger partial charge on any atom is -0.431 e. The summed E-state index contributed by atoms with van der Waals surface area (Å²) in [5.74, 6) is -1.61. The zero-order valence-electron chi connectivity index (χ0n) is 13.5. The molecule has 0 aromatic heterocycles. The van der Waals surface area contributed by atoms with Crippen LogP contribution in [0, 0.1) is 5.41 Å². The maximum absolute atomic E-state index is 12.5. The highest BCUT2D eigenvalue weighted by molar-refractivity contribution is 5.82. The summed E-state index contributed by atoms with van der Waals surface area (Å²) in [6.07, 6.45) is 0. The minimum absolute atomic E-state index is 0.419. The van der Waals surface area contributed by atoms with Crippen molar-refractivity contribution < 1.29 is 14.3 Å². The van der Waals surface area contributed by atoms with E-state index in [4.69, 9.17) is 15.0 Å². The van der Waals surface area contributed by atoms with Gasteiger partial charge >= 0.3 is 5.97 Å². The normalized spacial score (nSPS) is 29.6. The number of benzene rings is 1. The van der Waals surface area contributed by atoms with Gasteiger partial charge in [-0.1, -0.05) is 56.2 Å². The zero-order valence-corrected chi connectivity index (χ0v) is 13.5. The van der Waals surface area contributed by atoms with Crippen LogP contribution in [0.5, 0.6) is 0 Å². The summed E-state index contributed by atoms with van der Waals surface area (Å²) in [7, 11) is 0. The Bertz CT molecular complexity index is 619. The number of esters is 1. The van der Waals surface area contributed by atoms with Crippen molar-refractivity contribution in [2.24, 2.45) is 10.5 Å². The molecule has 1 aromatic rings. The lowest BCUT2D eigenvalue weighted by Gasteiger charge is -2.37. The Morgan fingerprint density at radius 1 is 1.23 bits per heavy atom. The molecule has 0 spiro atoms. The third-order valence-electron chi connectivity index (χ3n) is 4.27. The number of carbonyl (C=O) groups excluding carboxylic acids is 1. The lowest BCUT2D eigenvalue weighted by Crippen LogP contribution is -2.44. The predicted molar refractivity (Wildman–Crippen MR) is 81.8 cm³/mol. The molecular weight excluding hydrogens is 282 g/mol. The summed E-state index contributed by atoms with van der Waals surface area (Å²) in [5, 5.41) is 3.80. The second-order valence-electron chi connectivity index (χ2n) is 6.81. The van der Waals surface area contributed by atoms with Crippen molar-refractivity contribution in [3.05, 3.63) is 46.3 Å². The quantitative estimate of drug-likeness (QED) is 0.364. The maximum atomic E-state index is 12.5. The lowest BCUT2D eigenvalue weighted by atomic mass is 9.86. The molecule has 6 heteroatoms. The van der Waals surface area contributed by atoms with Gasteiger partial charge in [0, 0.05) is 17.3 Å². The van der Waals surface area contributed by atoms with E-state index in [0.29, 0.717) is 5.56 Å². The van der Waals surface area contributed by atoms with E-state index in [1.165, 1.54) is 0 Å². The Morgan fingerprint density at radius 2 is 1.82 bits per heavy atom. The molecule has 0 saturated carbocycles. The molecule has 1 fully saturated rings. The molecule has 0 N–H and O–H groups in total. The monoisotopic (exact) mass is 303 g/mol. The number of cyclic esters (lactones) is 1. The van der Waals surface area contributed by atoms with E-state index in [-0.39, 0.29) is 0 Å². The van der Waals surface area contributed by atoms with Gasteiger partial charge in [-0.15, -0.1) is 0 Å². The fourth-order valence-electron chi connectivity index (χ4n) is 2.40. The highest BCUT2D eigenvalue weighted by atomic mass is 16.8. The third kappa shape index (κ3) is 2.56. The molecule has 22 heavy (non-hydrogen) atoms. The van der Waals surface area contributed by atoms with Crippen molar-refractivity contribution in [1.82, 2.24) is 0 Å². The fourth-order valence-corrected chi connectivity index (χ4v) is 2.40. The Hall–Kier alpha value is -2.04. The molecule has 1 aliphatic rings. The first-order valence-corrected chi connectivity index (χ1v) is 7.17. The summed E-state index contributed by atoms with van der Waals surface area (Å²) < 4.78 is 11.6. The number of hydrogen-bond donors (Lipinski definition) is 0. The van der Waals surface area contributed by atoms with E-state index in [9.17, 15) is 4.79 Å². The minimum atomic E-state index is -1.37. The van der Waals surface area contributed by atoms with Gasteiger partial charge in [0.15, 0.2) is 5.60 Å². The van der Waals surface area contributed by atoms with Crippen LogP contribution < -0.4 is 0 Å². The van der Waals surface area contributed by atoms with Gasteiger partial charge < -0.3 is 9.47 Å².